The van der Waals surface area contributed by atoms with E-state index < -0.39 is 10.0 Å². The van der Waals surface area contributed by atoms with E-state index in [2.05, 4.69) is 16.5 Å². The number of nitrogens with one attached hydrogen (secondary N) is 1. The maximum Gasteiger partial charge on any atom is 0.211 e. The second-order valence-electron chi connectivity index (χ2n) is 4.91. The Morgan fingerprint density at radius 3 is 2.35 bits per heavy atom. The van der Waals surface area contributed by atoms with Crippen molar-refractivity contribution in [2.75, 3.05) is 25.4 Å². The number of rotatable bonds is 7. The van der Waals surface area contributed by atoms with Crippen molar-refractivity contribution in [3.05, 3.63) is 0 Å². The monoisotopic (exact) mass is 262 g/mol. The smallest absolute Gasteiger partial charge is 0.211 e. The molecule has 0 spiro atoms. The molecule has 0 unspecified atom stereocenters. The van der Waals surface area contributed by atoms with E-state index in [1.165, 1.54) is 12.8 Å². The van der Waals surface area contributed by atoms with Crippen molar-refractivity contribution >= 4 is 10.0 Å². The average Bonchev–Trinajstić information content (AvgIpc) is 2.27. The van der Waals surface area contributed by atoms with Gasteiger partial charge in [0.2, 0.25) is 10.0 Å². The van der Waals surface area contributed by atoms with E-state index in [-0.39, 0.29) is 11.8 Å². The molecule has 5 heteroatoms. The molecule has 4 nitrogen and oxygen atoms in total. The van der Waals surface area contributed by atoms with Crippen LogP contribution in [0.1, 0.15) is 46.0 Å². The van der Waals surface area contributed by atoms with Crippen molar-refractivity contribution in [2.24, 2.45) is 0 Å². The Hall–Kier alpha value is -0.130. The quantitative estimate of drug-likeness (QED) is 0.758. The van der Waals surface area contributed by atoms with E-state index in [1.54, 1.807) is 0 Å². The summed E-state index contributed by atoms with van der Waals surface area (Å²) in [6, 6.07) is 0.157. The first-order chi connectivity index (χ1) is 8.07. The second kappa shape index (κ2) is 7.34. The highest BCUT2D eigenvalue weighted by atomic mass is 32.2. The Morgan fingerprint density at radius 2 is 1.82 bits per heavy atom. The zero-order valence-electron chi connectivity index (χ0n) is 11.1. The minimum Gasteiger partial charge on any atom is -0.303 e. The maximum atomic E-state index is 11.6. The average molecular weight is 262 g/mol. The first-order valence-electron chi connectivity index (χ1n) is 6.79. The minimum absolute atomic E-state index is 0.157. The first-order valence-corrected chi connectivity index (χ1v) is 8.45. The van der Waals surface area contributed by atoms with Gasteiger partial charge < -0.3 is 4.90 Å². The largest absolute Gasteiger partial charge is 0.303 e. The van der Waals surface area contributed by atoms with Crippen LogP contribution in [-0.4, -0.2) is 44.7 Å². The fourth-order valence-electron chi connectivity index (χ4n) is 2.24. The van der Waals surface area contributed by atoms with Gasteiger partial charge in [-0.3, -0.25) is 0 Å². The molecule has 0 radical (unpaired) electrons. The van der Waals surface area contributed by atoms with Gasteiger partial charge >= 0.3 is 0 Å². The fourth-order valence-corrected chi connectivity index (χ4v) is 3.64. The van der Waals surface area contributed by atoms with Gasteiger partial charge in [-0.15, -0.1) is 0 Å². The lowest BCUT2D eigenvalue weighted by Gasteiger charge is -2.32. The third kappa shape index (κ3) is 5.84. The van der Waals surface area contributed by atoms with Gasteiger partial charge in [0, 0.05) is 6.04 Å². The molecule has 1 fully saturated rings. The van der Waals surface area contributed by atoms with Crippen LogP contribution in [0.5, 0.6) is 0 Å². The third-order valence-corrected chi connectivity index (χ3v) is 4.87. The van der Waals surface area contributed by atoms with Crippen LogP contribution in [0.3, 0.4) is 0 Å². The molecule has 1 heterocycles. The van der Waals surface area contributed by atoms with Crippen molar-refractivity contribution in [2.45, 2.75) is 52.0 Å². The lowest BCUT2D eigenvalue weighted by atomic mass is 10.1. The van der Waals surface area contributed by atoms with Gasteiger partial charge in [0.25, 0.3) is 0 Å². The molecule has 0 aromatic rings. The number of hydrogen-bond donors (Lipinski definition) is 1. The van der Waals surface area contributed by atoms with Crippen LogP contribution < -0.4 is 4.72 Å². The van der Waals surface area contributed by atoms with Crippen LogP contribution in [0, 0.1) is 0 Å². The number of piperidine rings is 1. The van der Waals surface area contributed by atoms with Crippen LogP contribution in [0.25, 0.3) is 0 Å². The molecule has 1 N–H and O–H groups in total. The molecule has 0 aromatic heterocycles. The summed E-state index contributed by atoms with van der Waals surface area (Å²) in [7, 11) is -3.03. The molecule has 0 atom stereocenters. The molecular formula is C12H26N2O2S. The standard InChI is InChI=1S/C12H26N2O2S/c1-3-5-8-14-9-6-12(7-10-14)13-17(15,16)11-4-2/h12-13H,3-11H2,1-2H3. The lowest BCUT2D eigenvalue weighted by molar-refractivity contribution is 0.205. The van der Waals surface area contributed by atoms with E-state index in [0.717, 1.165) is 32.5 Å². The Labute approximate surface area is 106 Å². The van der Waals surface area contributed by atoms with Gasteiger partial charge in [-0.1, -0.05) is 20.3 Å². The van der Waals surface area contributed by atoms with Crippen molar-refractivity contribution in [3.8, 4) is 0 Å². The summed E-state index contributed by atoms with van der Waals surface area (Å²) in [5.74, 6) is 0.253. The first kappa shape index (κ1) is 14.9. The SMILES string of the molecule is CCCCN1CCC(NS(=O)(=O)CCC)CC1. The van der Waals surface area contributed by atoms with Gasteiger partial charge in [-0.25, -0.2) is 13.1 Å². The number of sulfonamides is 1. The second-order valence-corrected chi connectivity index (χ2v) is 6.78. The van der Waals surface area contributed by atoms with E-state index in [9.17, 15) is 8.42 Å². The van der Waals surface area contributed by atoms with Crippen LogP contribution in [0.15, 0.2) is 0 Å². The summed E-state index contributed by atoms with van der Waals surface area (Å²) >= 11 is 0. The Morgan fingerprint density at radius 1 is 1.18 bits per heavy atom. The predicted octanol–water partition coefficient (Wildman–Crippen LogP) is 1.58. The molecule has 0 aliphatic carbocycles. The van der Waals surface area contributed by atoms with Crippen LogP contribution in [0.2, 0.25) is 0 Å². The molecular weight excluding hydrogens is 236 g/mol. The molecule has 1 saturated heterocycles. The zero-order valence-corrected chi connectivity index (χ0v) is 11.9. The highest BCUT2D eigenvalue weighted by Crippen LogP contribution is 2.12. The van der Waals surface area contributed by atoms with Crippen molar-refractivity contribution in [3.63, 3.8) is 0 Å². The van der Waals surface area contributed by atoms with Gasteiger partial charge in [0.1, 0.15) is 0 Å². The topological polar surface area (TPSA) is 49.4 Å². The summed E-state index contributed by atoms with van der Waals surface area (Å²) < 4.78 is 26.1. The molecule has 0 saturated carbocycles. The minimum atomic E-state index is -3.03. The highest BCUT2D eigenvalue weighted by molar-refractivity contribution is 7.89. The summed E-state index contributed by atoms with van der Waals surface area (Å²) in [6.45, 7) is 7.31. The number of nitrogens with zero attached hydrogens (tertiary/aromatic N) is 1. The maximum absolute atomic E-state index is 11.6. The van der Waals surface area contributed by atoms with Gasteiger partial charge in [-0.2, -0.15) is 0 Å². The van der Waals surface area contributed by atoms with Crippen molar-refractivity contribution < 1.29 is 8.42 Å². The third-order valence-electron chi connectivity index (χ3n) is 3.23. The number of hydrogen-bond acceptors (Lipinski definition) is 3. The highest BCUT2D eigenvalue weighted by Gasteiger charge is 2.22. The molecule has 102 valence electrons. The van der Waals surface area contributed by atoms with E-state index >= 15 is 0 Å². The van der Waals surface area contributed by atoms with Crippen LogP contribution in [0.4, 0.5) is 0 Å². The van der Waals surface area contributed by atoms with Crippen molar-refractivity contribution in [1.82, 2.24) is 9.62 Å². The summed E-state index contributed by atoms with van der Waals surface area (Å²) in [5, 5.41) is 0. The predicted molar refractivity (Wildman–Crippen MR) is 71.6 cm³/mol. The lowest BCUT2D eigenvalue weighted by Crippen LogP contribution is -2.45. The van der Waals surface area contributed by atoms with Gasteiger partial charge in [0.05, 0.1) is 5.75 Å². The van der Waals surface area contributed by atoms with Gasteiger partial charge in [-0.05, 0) is 45.3 Å². The number of unbranched alkanes of at least 4 members (excludes halogenated alkanes) is 1. The Bertz CT molecular complexity index is 296. The summed E-state index contributed by atoms with van der Waals surface area (Å²) in [4.78, 5) is 2.44. The molecule has 0 amide bonds. The summed E-state index contributed by atoms with van der Waals surface area (Å²) in [6.07, 6.45) is 5.05. The number of likely N-dealkylation sites (tertiary alicyclic amines) is 1. The van der Waals surface area contributed by atoms with Crippen molar-refractivity contribution in [1.29, 1.82) is 0 Å². The molecule has 1 aliphatic heterocycles. The van der Waals surface area contributed by atoms with Crippen LogP contribution >= 0.6 is 0 Å². The summed E-state index contributed by atoms with van der Waals surface area (Å²) in [5.41, 5.74) is 0. The van der Waals surface area contributed by atoms with E-state index in [1.807, 2.05) is 6.92 Å². The van der Waals surface area contributed by atoms with Gasteiger partial charge in [0.15, 0.2) is 0 Å². The Balaban J connectivity index is 2.27. The zero-order chi connectivity index (χ0) is 12.7. The van der Waals surface area contributed by atoms with Crippen LogP contribution in [-0.2, 0) is 10.0 Å². The molecule has 0 bridgehead atoms. The normalized spacial score (nSPS) is 19.6. The van der Waals surface area contributed by atoms with E-state index in [0.29, 0.717) is 6.42 Å². The van der Waals surface area contributed by atoms with E-state index in [4.69, 9.17) is 0 Å². The molecule has 0 aromatic carbocycles. The Kier molecular flexibility index (Phi) is 6.44. The molecule has 1 aliphatic rings. The fraction of sp³-hybridized carbons (Fsp3) is 1.00. The molecule has 17 heavy (non-hydrogen) atoms. The molecule has 1 rings (SSSR count).